The summed E-state index contributed by atoms with van der Waals surface area (Å²) in [7, 11) is 0. The lowest BCUT2D eigenvalue weighted by Crippen LogP contribution is -2.54. The van der Waals surface area contributed by atoms with Gasteiger partial charge >= 0.3 is 6.03 Å². The Morgan fingerprint density at radius 2 is 2.57 bits per heavy atom. The van der Waals surface area contributed by atoms with Crippen LogP contribution in [0.25, 0.3) is 0 Å². The summed E-state index contributed by atoms with van der Waals surface area (Å²) in [6, 6.07) is -0.978. The minimum absolute atomic E-state index is 0.364. The highest BCUT2D eigenvalue weighted by molar-refractivity contribution is 5.89. The van der Waals surface area contributed by atoms with E-state index >= 15 is 0 Å². The summed E-state index contributed by atoms with van der Waals surface area (Å²) in [5.74, 6) is 4.56. The van der Waals surface area contributed by atoms with Crippen LogP contribution in [-0.4, -0.2) is 27.5 Å². The van der Waals surface area contributed by atoms with Crippen LogP contribution in [0.1, 0.15) is 5.69 Å². The number of hydrogen-bond acceptors (Lipinski definition) is 4. The smallest absolute Gasteiger partial charge is 0.325 e. The fourth-order valence-electron chi connectivity index (χ4n) is 1.39. The molecule has 0 spiro atoms. The summed E-state index contributed by atoms with van der Waals surface area (Å²) in [5, 5.41) is 2.50. The van der Waals surface area contributed by atoms with Crippen LogP contribution >= 0.6 is 0 Å². The summed E-state index contributed by atoms with van der Waals surface area (Å²) in [4.78, 5) is 26.3. The standard InChI is InChI=1S/C7H9N5O2/c8-11-6(13)5-1-4-2-9-3-12(4)7(14)10-5/h2-3,5H,1,8H2,(H,10,14)(H,11,13)/t5-/m1/s1. The molecule has 0 saturated carbocycles. The van der Waals surface area contributed by atoms with Crippen molar-refractivity contribution in [1.82, 2.24) is 20.3 Å². The van der Waals surface area contributed by atoms with Gasteiger partial charge in [-0.05, 0) is 0 Å². The van der Waals surface area contributed by atoms with Crippen molar-refractivity contribution in [2.45, 2.75) is 12.5 Å². The van der Waals surface area contributed by atoms with E-state index in [0.29, 0.717) is 12.1 Å². The molecule has 2 amide bonds. The highest BCUT2D eigenvalue weighted by Crippen LogP contribution is 2.08. The third-order valence-electron chi connectivity index (χ3n) is 2.10. The van der Waals surface area contributed by atoms with Gasteiger partial charge in [0.15, 0.2) is 0 Å². The lowest BCUT2D eigenvalue weighted by Gasteiger charge is -2.22. The number of fused-ring (bicyclic) bond motifs is 1. The zero-order valence-corrected chi connectivity index (χ0v) is 7.23. The van der Waals surface area contributed by atoms with Crippen LogP contribution in [0.4, 0.5) is 4.79 Å². The molecule has 1 aliphatic heterocycles. The van der Waals surface area contributed by atoms with E-state index in [0.717, 1.165) is 0 Å². The largest absolute Gasteiger partial charge is 0.327 e. The lowest BCUT2D eigenvalue weighted by atomic mass is 10.1. The van der Waals surface area contributed by atoms with Crippen LogP contribution in [0.2, 0.25) is 0 Å². The number of amides is 2. The molecule has 0 radical (unpaired) electrons. The van der Waals surface area contributed by atoms with Crippen molar-refractivity contribution >= 4 is 11.9 Å². The van der Waals surface area contributed by atoms with Gasteiger partial charge in [0, 0.05) is 18.3 Å². The highest BCUT2D eigenvalue weighted by Gasteiger charge is 2.28. The van der Waals surface area contributed by atoms with Crippen molar-refractivity contribution in [2.75, 3.05) is 0 Å². The number of carbonyl (C=O) groups excluding carboxylic acids is 2. The number of imidazole rings is 1. The Labute approximate surface area is 79.3 Å². The van der Waals surface area contributed by atoms with E-state index in [-0.39, 0.29) is 6.03 Å². The van der Waals surface area contributed by atoms with Gasteiger partial charge in [-0.2, -0.15) is 0 Å². The molecule has 0 fully saturated rings. The minimum Gasteiger partial charge on any atom is -0.325 e. The predicted molar refractivity (Wildman–Crippen MR) is 46.0 cm³/mol. The molecule has 1 aromatic heterocycles. The maximum atomic E-state index is 11.4. The average Bonchev–Trinajstić information content (AvgIpc) is 2.64. The molecule has 1 aliphatic rings. The normalized spacial score (nSPS) is 19.8. The van der Waals surface area contributed by atoms with Gasteiger partial charge in [0.2, 0.25) is 0 Å². The number of aromatic nitrogens is 2. The summed E-state index contributed by atoms with van der Waals surface area (Å²) < 4.78 is 1.36. The van der Waals surface area contributed by atoms with Crippen molar-refractivity contribution in [2.24, 2.45) is 5.84 Å². The molecular weight excluding hydrogens is 186 g/mol. The van der Waals surface area contributed by atoms with Crippen LogP contribution < -0.4 is 16.6 Å². The second kappa shape index (κ2) is 3.11. The van der Waals surface area contributed by atoms with E-state index in [1.807, 2.05) is 5.43 Å². The van der Waals surface area contributed by atoms with Crippen LogP contribution in [0.15, 0.2) is 12.5 Å². The molecule has 0 saturated heterocycles. The Hall–Kier alpha value is -1.89. The van der Waals surface area contributed by atoms with Crippen molar-refractivity contribution in [3.8, 4) is 0 Å². The van der Waals surface area contributed by atoms with Gasteiger partial charge in [0.05, 0.1) is 0 Å². The molecule has 4 N–H and O–H groups in total. The van der Waals surface area contributed by atoms with E-state index in [9.17, 15) is 9.59 Å². The van der Waals surface area contributed by atoms with Gasteiger partial charge in [-0.3, -0.25) is 14.8 Å². The molecule has 1 aromatic rings. The zero-order chi connectivity index (χ0) is 10.1. The molecule has 0 aliphatic carbocycles. The third kappa shape index (κ3) is 1.23. The van der Waals surface area contributed by atoms with E-state index in [1.54, 1.807) is 6.20 Å². The van der Waals surface area contributed by atoms with Gasteiger partial charge in [-0.1, -0.05) is 0 Å². The van der Waals surface area contributed by atoms with Crippen molar-refractivity contribution < 1.29 is 9.59 Å². The first-order valence-corrected chi connectivity index (χ1v) is 4.05. The Kier molecular flexibility index (Phi) is 1.93. The molecule has 74 valence electrons. The SMILES string of the molecule is NNC(=O)[C@H]1Cc2cncn2C(=O)N1. The number of nitrogens with zero attached hydrogens (tertiary/aromatic N) is 2. The summed E-state index contributed by atoms with van der Waals surface area (Å²) in [5.41, 5.74) is 2.69. The first kappa shape index (κ1) is 8.70. The van der Waals surface area contributed by atoms with Gasteiger partial charge in [0.1, 0.15) is 12.4 Å². The molecule has 14 heavy (non-hydrogen) atoms. The van der Waals surface area contributed by atoms with E-state index in [2.05, 4.69) is 10.3 Å². The van der Waals surface area contributed by atoms with Gasteiger partial charge in [-0.25, -0.2) is 15.6 Å². The fraction of sp³-hybridized carbons (Fsp3) is 0.286. The third-order valence-corrected chi connectivity index (χ3v) is 2.10. The number of hydrogen-bond donors (Lipinski definition) is 3. The Morgan fingerprint density at radius 3 is 3.29 bits per heavy atom. The van der Waals surface area contributed by atoms with E-state index < -0.39 is 11.9 Å². The van der Waals surface area contributed by atoms with Crippen molar-refractivity contribution in [1.29, 1.82) is 0 Å². The molecule has 0 unspecified atom stereocenters. The van der Waals surface area contributed by atoms with Crippen molar-refractivity contribution in [3.05, 3.63) is 18.2 Å². The van der Waals surface area contributed by atoms with Gasteiger partial charge < -0.3 is 5.32 Å². The van der Waals surface area contributed by atoms with E-state index in [4.69, 9.17) is 5.84 Å². The Morgan fingerprint density at radius 1 is 1.79 bits per heavy atom. The number of carbonyl (C=O) groups is 2. The zero-order valence-electron chi connectivity index (χ0n) is 7.23. The first-order chi connectivity index (χ1) is 6.72. The van der Waals surface area contributed by atoms with Crippen LogP contribution in [-0.2, 0) is 11.2 Å². The van der Waals surface area contributed by atoms with Gasteiger partial charge in [-0.15, -0.1) is 0 Å². The molecule has 2 heterocycles. The monoisotopic (exact) mass is 195 g/mol. The highest BCUT2D eigenvalue weighted by atomic mass is 16.2. The maximum absolute atomic E-state index is 11.4. The first-order valence-electron chi connectivity index (χ1n) is 4.05. The van der Waals surface area contributed by atoms with Crippen LogP contribution in [0.5, 0.6) is 0 Å². The number of rotatable bonds is 1. The summed E-state index contributed by atoms with van der Waals surface area (Å²) in [6.45, 7) is 0. The summed E-state index contributed by atoms with van der Waals surface area (Å²) >= 11 is 0. The molecule has 7 heteroatoms. The van der Waals surface area contributed by atoms with Crippen LogP contribution in [0, 0.1) is 0 Å². The topological polar surface area (TPSA) is 102 Å². The number of nitrogens with two attached hydrogens (primary N) is 1. The molecule has 0 aromatic carbocycles. The number of nitrogens with one attached hydrogen (secondary N) is 2. The quantitative estimate of drug-likeness (QED) is 0.284. The molecular formula is C7H9N5O2. The minimum atomic E-state index is -0.614. The Balaban J connectivity index is 2.25. The maximum Gasteiger partial charge on any atom is 0.327 e. The lowest BCUT2D eigenvalue weighted by molar-refractivity contribution is -0.123. The molecule has 7 nitrogen and oxygen atoms in total. The van der Waals surface area contributed by atoms with Crippen LogP contribution in [0.3, 0.4) is 0 Å². The average molecular weight is 195 g/mol. The van der Waals surface area contributed by atoms with Crippen molar-refractivity contribution in [3.63, 3.8) is 0 Å². The summed E-state index contributed by atoms with van der Waals surface area (Å²) in [6.07, 6.45) is 3.35. The molecule has 1 atom stereocenters. The second-order valence-corrected chi connectivity index (χ2v) is 2.97. The van der Waals surface area contributed by atoms with E-state index in [1.165, 1.54) is 10.9 Å². The molecule has 2 rings (SSSR count). The predicted octanol–water partition coefficient (Wildman–Crippen LogP) is -1.64. The molecule has 0 bridgehead atoms. The second-order valence-electron chi connectivity index (χ2n) is 2.97. The fourth-order valence-corrected chi connectivity index (χ4v) is 1.39. The Bertz CT molecular complexity index is 385. The number of hydrazine groups is 1. The van der Waals surface area contributed by atoms with Gasteiger partial charge in [0.25, 0.3) is 5.91 Å².